The van der Waals surface area contributed by atoms with Crippen LogP contribution in [0.15, 0.2) is 42.5 Å². The van der Waals surface area contributed by atoms with Crippen molar-refractivity contribution >= 4 is 34.6 Å². The molecular formula is C19H23ClFN3S. The smallest absolute Gasteiger partial charge is 0.170 e. The molecule has 0 aliphatic heterocycles. The number of hydrogen-bond acceptors (Lipinski definition) is 2. The van der Waals surface area contributed by atoms with E-state index in [1.165, 1.54) is 11.6 Å². The highest BCUT2D eigenvalue weighted by molar-refractivity contribution is 7.80. The van der Waals surface area contributed by atoms with Crippen molar-refractivity contribution in [1.29, 1.82) is 0 Å². The van der Waals surface area contributed by atoms with Gasteiger partial charge in [-0.05, 0) is 62.6 Å². The number of benzene rings is 2. The molecule has 6 heteroatoms. The number of thiocarbonyl (C=S) groups is 1. The maximum atomic E-state index is 14.2. The van der Waals surface area contributed by atoms with Crippen LogP contribution in [0.5, 0.6) is 0 Å². The lowest BCUT2D eigenvalue weighted by Gasteiger charge is -2.27. The zero-order valence-electron chi connectivity index (χ0n) is 14.6. The molecule has 0 fully saturated rings. The Morgan fingerprint density at radius 3 is 2.44 bits per heavy atom. The van der Waals surface area contributed by atoms with Crippen molar-refractivity contribution in [3.63, 3.8) is 0 Å². The molecule has 1 atom stereocenters. The average Bonchev–Trinajstić information content (AvgIpc) is 2.57. The second kappa shape index (κ2) is 9.13. The van der Waals surface area contributed by atoms with Crippen LogP contribution >= 0.6 is 23.8 Å². The zero-order valence-corrected chi connectivity index (χ0v) is 16.2. The predicted molar refractivity (Wildman–Crippen MR) is 108 cm³/mol. The highest BCUT2D eigenvalue weighted by Gasteiger charge is 2.21. The van der Waals surface area contributed by atoms with Crippen LogP contribution in [0.2, 0.25) is 5.02 Å². The molecule has 0 aromatic heterocycles. The molecular weight excluding hydrogens is 357 g/mol. The molecule has 0 aliphatic rings. The van der Waals surface area contributed by atoms with E-state index in [0.717, 1.165) is 12.1 Å². The van der Waals surface area contributed by atoms with Gasteiger partial charge in [-0.15, -0.1) is 0 Å². The van der Waals surface area contributed by atoms with E-state index in [2.05, 4.69) is 29.7 Å². The summed E-state index contributed by atoms with van der Waals surface area (Å²) in [5.74, 6) is -0.318. The molecule has 0 aliphatic carbocycles. The third-order valence-electron chi connectivity index (χ3n) is 4.03. The average molecular weight is 380 g/mol. The number of rotatable bonds is 6. The molecule has 134 valence electrons. The molecule has 2 N–H and O–H groups in total. The van der Waals surface area contributed by atoms with Crippen LogP contribution < -0.4 is 10.6 Å². The second-order valence-electron chi connectivity index (χ2n) is 6.00. The van der Waals surface area contributed by atoms with Gasteiger partial charge in [0.15, 0.2) is 5.11 Å². The Labute approximate surface area is 159 Å². The predicted octanol–water partition coefficient (Wildman–Crippen LogP) is 4.63. The van der Waals surface area contributed by atoms with Crippen molar-refractivity contribution in [2.24, 2.45) is 0 Å². The van der Waals surface area contributed by atoms with E-state index >= 15 is 0 Å². The monoisotopic (exact) mass is 379 g/mol. The Morgan fingerprint density at radius 2 is 1.88 bits per heavy atom. The fraction of sp³-hybridized carbons (Fsp3) is 0.316. The fourth-order valence-electron chi connectivity index (χ4n) is 2.56. The van der Waals surface area contributed by atoms with Gasteiger partial charge in [0.25, 0.3) is 0 Å². The lowest BCUT2D eigenvalue weighted by molar-refractivity contribution is 0.292. The highest BCUT2D eigenvalue weighted by atomic mass is 35.5. The van der Waals surface area contributed by atoms with Crippen LogP contribution in [0.25, 0.3) is 0 Å². The molecule has 0 saturated carbocycles. The van der Waals surface area contributed by atoms with Crippen LogP contribution in [-0.2, 0) is 6.42 Å². The maximum absolute atomic E-state index is 14.2. The fourth-order valence-corrected chi connectivity index (χ4v) is 3.05. The standard InChI is InChI=1S/C19H23ClFN3S/c1-4-13-8-10-14(11-9-13)23-19(25)22-12-17(24(2)3)18-15(20)6-5-7-16(18)21/h5-11,17H,4,12H2,1-3H3,(H2,22,23,25)/t17-/m1/s1. The number of aryl methyl sites for hydroxylation is 1. The third kappa shape index (κ3) is 5.39. The van der Waals surface area contributed by atoms with E-state index < -0.39 is 0 Å². The summed E-state index contributed by atoms with van der Waals surface area (Å²) in [4.78, 5) is 1.91. The van der Waals surface area contributed by atoms with Crippen molar-refractivity contribution in [1.82, 2.24) is 10.2 Å². The van der Waals surface area contributed by atoms with E-state index in [1.54, 1.807) is 12.1 Å². The number of nitrogens with one attached hydrogen (secondary N) is 2. The third-order valence-corrected chi connectivity index (χ3v) is 4.61. The first kappa shape index (κ1) is 19.6. The van der Waals surface area contributed by atoms with E-state index in [-0.39, 0.29) is 11.9 Å². The molecule has 0 radical (unpaired) electrons. The summed E-state index contributed by atoms with van der Waals surface area (Å²) < 4.78 is 14.2. The summed E-state index contributed by atoms with van der Waals surface area (Å²) in [6.07, 6.45) is 0.997. The first-order valence-electron chi connectivity index (χ1n) is 8.16. The van der Waals surface area contributed by atoms with Crippen molar-refractivity contribution < 1.29 is 4.39 Å². The number of nitrogens with zero attached hydrogens (tertiary/aromatic N) is 1. The number of anilines is 1. The molecule has 2 rings (SSSR count). The largest absolute Gasteiger partial charge is 0.361 e. The summed E-state index contributed by atoms with van der Waals surface area (Å²) in [6, 6.07) is 12.6. The van der Waals surface area contributed by atoms with E-state index in [4.69, 9.17) is 23.8 Å². The zero-order chi connectivity index (χ0) is 18.4. The van der Waals surface area contributed by atoms with Gasteiger partial charge in [-0.25, -0.2) is 4.39 Å². The van der Waals surface area contributed by atoms with Gasteiger partial charge in [0.05, 0.1) is 6.04 Å². The van der Waals surface area contributed by atoms with Gasteiger partial charge in [-0.3, -0.25) is 0 Å². The minimum atomic E-state index is -0.318. The molecule has 3 nitrogen and oxygen atoms in total. The van der Waals surface area contributed by atoms with Crippen LogP contribution in [0, 0.1) is 5.82 Å². The number of hydrogen-bond donors (Lipinski definition) is 2. The van der Waals surface area contributed by atoms with E-state index in [9.17, 15) is 4.39 Å². The van der Waals surface area contributed by atoms with Gasteiger partial charge in [-0.2, -0.15) is 0 Å². The molecule has 0 spiro atoms. The van der Waals surface area contributed by atoms with Crippen LogP contribution in [0.4, 0.5) is 10.1 Å². The van der Waals surface area contributed by atoms with Gasteiger partial charge < -0.3 is 15.5 Å². The summed E-state index contributed by atoms with van der Waals surface area (Å²) in [5.41, 5.74) is 2.66. The molecule has 0 unspecified atom stereocenters. The van der Waals surface area contributed by atoms with Crippen LogP contribution in [0.3, 0.4) is 0 Å². The Kier molecular flexibility index (Phi) is 7.17. The van der Waals surface area contributed by atoms with Crippen molar-refractivity contribution in [2.45, 2.75) is 19.4 Å². The lowest BCUT2D eigenvalue weighted by atomic mass is 10.1. The summed E-state index contributed by atoms with van der Waals surface area (Å²) >= 11 is 11.5. The van der Waals surface area contributed by atoms with Gasteiger partial charge in [0.1, 0.15) is 5.82 Å². The van der Waals surface area contributed by atoms with Gasteiger partial charge in [0.2, 0.25) is 0 Å². The molecule has 2 aromatic carbocycles. The Hall–Kier alpha value is -1.69. The Morgan fingerprint density at radius 1 is 1.20 bits per heavy atom. The van der Waals surface area contributed by atoms with E-state index in [0.29, 0.717) is 22.2 Å². The van der Waals surface area contributed by atoms with Crippen molar-refractivity contribution in [3.05, 3.63) is 64.4 Å². The molecule has 2 aromatic rings. The SMILES string of the molecule is CCc1ccc(NC(=S)NC[C@H](c2c(F)cccc2Cl)N(C)C)cc1. The summed E-state index contributed by atoms with van der Waals surface area (Å²) in [6.45, 7) is 2.55. The second-order valence-corrected chi connectivity index (χ2v) is 6.82. The minimum absolute atomic E-state index is 0.240. The quantitative estimate of drug-likeness (QED) is 0.715. The number of halogens is 2. The first-order chi connectivity index (χ1) is 11.9. The van der Waals surface area contributed by atoms with E-state index in [1.807, 2.05) is 31.1 Å². The topological polar surface area (TPSA) is 27.3 Å². The van der Waals surface area contributed by atoms with Crippen LogP contribution in [0.1, 0.15) is 24.1 Å². The molecule has 0 bridgehead atoms. The number of likely N-dealkylation sites (N-methyl/N-ethyl adjacent to an activating group) is 1. The highest BCUT2D eigenvalue weighted by Crippen LogP contribution is 2.28. The van der Waals surface area contributed by atoms with Crippen molar-refractivity contribution in [3.8, 4) is 0 Å². The van der Waals surface area contributed by atoms with Gasteiger partial charge >= 0.3 is 0 Å². The van der Waals surface area contributed by atoms with Gasteiger partial charge in [0, 0.05) is 22.8 Å². The Bertz CT molecular complexity index is 699. The molecule has 25 heavy (non-hydrogen) atoms. The molecule has 0 saturated heterocycles. The summed E-state index contributed by atoms with van der Waals surface area (Å²) in [5, 5.41) is 7.19. The lowest BCUT2D eigenvalue weighted by Crippen LogP contribution is -2.37. The van der Waals surface area contributed by atoms with Crippen LogP contribution in [-0.4, -0.2) is 30.7 Å². The minimum Gasteiger partial charge on any atom is -0.361 e. The molecule has 0 heterocycles. The van der Waals surface area contributed by atoms with Gasteiger partial charge in [-0.1, -0.05) is 36.7 Å². The molecule has 0 amide bonds. The Balaban J connectivity index is 2.02. The summed E-state index contributed by atoms with van der Waals surface area (Å²) in [7, 11) is 3.77. The maximum Gasteiger partial charge on any atom is 0.170 e. The van der Waals surface area contributed by atoms with Crippen molar-refractivity contribution in [2.75, 3.05) is 26.0 Å². The normalized spacial score (nSPS) is 12.1. The first-order valence-corrected chi connectivity index (χ1v) is 8.95.